The van der Waals surface area contributed by atoms with E-state index in [1.165, 1.54) is 22.0 Å². The highest BCUT2D eigenvalue weighted by molar-refractivity contribution is 5.99. The van der Waals surface area contributed by atoms with Gasteiger partial charge in [-0.3, -0.25) is 10.1 Å². The molecule has 0 amide bonds. The van der Waals surface area contributed by atoms with Gasteiger partial charge in [-0.1, -0.05) is 55.5 Å². The lowest BCUT2D eigenvalue weighted by atomic mass is 9.66. The molecule has 1 aliphatic heterocycles. The lowest BCUT2D eigenvalue weighted by Crippen LogP contribution is -2.41. The molecule has 4 aromatic rings. The van der Waals surface area contributed by atoms with Crippen molar-refractivity contribution in [2.75, 3.05) is 0 Å². The van der Waals surface area contributed by atoms with Crippen LogP contribution < -0.4 is 0 Å². The van der Waals surface area contributed by atoms with Crippen LogP contribution in [0.5, 0.6) is 0 Å². The fraction of sp³-hybridized carbons (Fsp3) is 0.231. The fourth-order valence-electron chi connectivity index (χ4n) is 5.31. The van der Waals surface area contributed by atoms with E-state index >= 15 is 0 Å². The zero-order valence-electron chi connectivity index (χ0n) is 17.4. The Morgan fingerprint density at radius 1 is 0.900 bits per heavy atom. The van der Waals surface area contributed by atoms with Crippen molar-refractivity contribution in [3.8, 4) is 11.1 Å². The average molecular weight is 396 g/mol. The van der Waals surface area contributed by atoms with Crippen LogP contribution in [-0.4, -0.2) is 9.49 Å². The smallest absolute Gasteiger partial charge is 0.269 e. The molecule has 0 fully saturated rings. The molecule has 30 heavy (non-hydrogen) atoms. The molecule has 1 atom stereocenters. The molecular formula is C26H24N2O2. The van der Waals surface area contributed by atoms with Crippen LogP contribution in [0, 0.1) is 10.1 Å². The van der Waals surface area contributed by atoms with Gasteiger partial charge in [-0.25, -0.2) is 0 Å². The van der Waals surface area contributed by atoms with Crippen molar-refractivity contribution in [2.24, 2.45) is 0 Å². The molecular weight excluding hydrogens is 372 g/mol. The summed E-state index contributed by atoms with van der Waals surface area (Å²) in [6.45, 7) is 6.94. The predicted octanol–water partition coefficient (Wildman–Crippen LogP) is 6.66. The molecule has 0 spiro atoms. The highest BCUT2D eigenvalue weighted by Crippen LogP contribution is 2.51. The van der Waals surface area contributed by atoms with Crippen LogP contribution in [0.2, 0.25) is 0 Å². The second-order valence-corrected chi connectivity index (χ2v) is 9.11. The summed E-state index contributed by atoms with van der Waals surface area (Å²) in [4.78, 5) is 10.7. The Morgan fingerprint density at radius 3 is 2.27 bits per heavy atom. The Morgan fingerprint density at radius 2 is 1.60 bits per heavy atom. The topological polar surface area (TPSA) is 48.1 Å². The minimum absolute atomic E-state index is 0.0732. The second-order valence-electron chi connectivity index (χ2n) is 9.11. The van der Waals surface area contributed by atoms with E-state index < -0.39 is 0 Å². The minimum Gasteiger partial charge on any atom is -0.341 e. The molecule has 0 saturated carbocycles. The normalized spacial score (nSPS) is 19.7. The van der Waals surface area contributed by atoms with Gasteiger partial charge in [0.15, 0.2) is 0 Å². The third kappa shape index (κ3) is 2.60. The van der Waals surface area contributed by atoms with Gasteiger partial charge in [-0.05, 0) is 49.1 Å². The van der Waals surface area contributed by atoms with E-state index in [1.807, 2.05) is 12.1 Å². The molecule has 0 saturated heterocycles. The van der Waals surface area contributed by atoms with E-state index in [1.54, 1.807) is 12.1 Å². The number of nitro benzene ring substituents is 1. The summed E-state index contributed by atoms with van der Waals surface area (Å²) in [6.07, 6.45) is 3.21. The number of para-hydroxylation sites is 1. The van der Waals surface area contributed by atoms with Crippen molar-refractivity contribution in [2.45, 2.75) is 38.1 Å². The van der Waals surface area contributed by atoms with Crippen molar-refractivity contribution in [1.82, 2.24) is 4.57 Å². The number of aromatic nitrogens is 1. The van der Waals surface area contributed by atoms with E-state index in [4.69, 9.17) is 0 Å². The second kappa shape index (κ2) is 6.30. The molecule has 0 aliphatic carbocycles. The fourth-order valence-corrected chi connectivity index (χ4v) is 5.31. The standard InChI is InChI=1S/C26H24N2O2/c1-25(2)17-26(3,19-8-5-4-6-9-19)23-11-7-10-21-22(16-27(25)24(21)23)18-12-14-20(15-13-18)28(29)30/h4-16H,17H2,1-3H3. The SMILES string of the molecule is CC1(c2ccccc2)CC(C)(C)n2cc(-c3ccc([N+](=O)[O-])cc3)c3cccc1c32. The van der Waals surface area contributed by atoms with Gasteiger partial charge in [0.05, 0.1) is 10.4 Å². The number of nitrogens with zero attached hydrogens (tertiary/aromatic N) is 2. The number of benzene rings is 3. The molecule has 1 aliphatic rings. The number of hydrogen-bond acceptors (Lipinski definition) is 2. The molecule has 0 bridgehead atoms. The monoisotopic (exact) mass is 396 g/mol. The van der Waals surface area contributed by atoms with Gasteiger partial charge in [-0.15, -0.1) is 0 Å². The average Bonchev–Trinajstić information content (AvgIpc) is 3.14. The van der Waals surface area contributed by atoms with Crippen LogP contribution in [0.25, 0.3) is 22.0 Å². The highest BCUT2D eigenvalue weighted by atomic mass is 16.6. The summed E-state index contributed by atoms with van der Waals surface area (Å²) in [5.41, 5.74) is 5.99. The Kier molecular flexibility index (Phi) is 3.91. The summed E-state index contributed by atoms with van der Waals surface area (Å²) in [6, 6.07) is 24.2. The molecule has 4 nitrogen and oxygen atoms in total. The largest absolute Gasteiger partial charge is 0.341 e. The van der Waals surface area contributed by atoms with Crippen LogP contribution in [0.15, 0.2) is 79.0 Å². The Labute approximate surface area is 175 Å². The van der Waals surface area contributed by atoms with Gasteiger partial charge in [-0.2, -0.15) is 0 Å². The maximum Gasteiger partial charge on any atom is 0.269 e. The summed E-state index contributed by atoms with van der Waals surface area (Å²) >= 11 is 0. The van der Waals surface area contributed by atoms with Crippen molar-refractivity contribution in [1.29, 1.82) is 0 Å². The maximum atomic E-state index is 11.1. The molecule has 4 heteroatoms. The molecule has 0 N–H and O–H groups in total. The summed E-state index contributed by atoms with van der Waals surface area (Å²) in [5.74, 6) is 0. The Bertz CT molecular complexity index is 1270. The maximum absolute atomic E-state index is 11.1. The Balaban J connectivity index is 1.78. The van der Waals surface area contributed by atoms with Crippen LogP contribution in [-0.2, 0) is 11.0 Å². The predicted molar refractivity (Wildman–Crippen MR) is 121 cm³/mol. The first-order chi connectivity index (χ1) is 14.3. The molecule has 3 aromatic carbocycles. The van der Waals surface area contributed by atoms with Gasteiger partial charge >= 0.3 is 0 Å². The number of nitro groups is 1. The van der Waals surface area contributed by atoms with Gasteiger partial charge in [0.25, 0.3) is 5.69 Å². The molecule has 2 heterocycles. The lowest BCUT2D eigenvalue weighted by molar-refractivity contribution is -0.384. The number of rotatable bonds is 3. The van der Waals surface area contributed by atoms with E-state index in [9.17, 15) is 10.1 Å². The quantitative estimate of drug-likeness (QED) is 0.287. The van der Waals surface area contributed by atoms with Crippen molar-refractivity contribution in [3.63, 3.8) is 0 Å². The number of non-ortho nitro benzene ring substituents is 1. The van der Waals surface area contributed by atoms with Crippen molar-refractivity contribution < 1.29 is 4.92 Å². The third-order valence-corrected chi connectivity index (χ3v) is 6.66. The zero-order valence-corrected chi connectivity index (χ0v) is 17.4. The molecule has 1 aromatic heterocycles. The van der Waals surface area contributed by atoms with E-state index in [0.29, 0.717) is 0 Å². The minimum atomic E-state index is -0.353. The number of hydrogen-bond donors (Lipinski definition) is 0. The molecule has 5 rings (SSSR count). The first kappa shape index (κ1) is 18.6. The van der Waals surface area contributed by atoms with E-state index in [2.05, 4.69) is 80.1 Å². The zero-order chi connectivity index (χ0) is 21.1. The van der Waals surface area contributed by atoms with Crippen molar-refractivity contribution in [3.05, 3.63) is 100 Å². The van der Waals surface area contributed by atoms with E-state index in [0.717, 1.165) is 17.5 Å². The highest BCUT2D eigenvalue weighted by Gasteiger charge is 2.43. The van der Waals surface area contributed by atoms with Crippen LogP contribution in [0.1, 0.15) is 38.3 Å². The lowest BCUT2D eigenvalue weighted by Gasteiger charge is -2.45. The first-order valence-electron chi connectivity index (χ1n) is 10.3. The molecule has 0 radical (unpaired) electrons. The molecule has 1 unspecified atom stereocenters. The van der Waals surface area contributed by atoms with Gasteiger partial charge in [0, 0.05) is 40.2 Å². The van der Waals surface area contributed by atoms with E-state index in [-0.39, 0.29) is 21.6 Å². The summed E-state index contributed by atoms with van der Waals surface area (Å²) in [7, 11) is 0. The van der Waals surface area contributed by atoms with Crippen LogP contribution in [0.3, 0.4) is 0 Å². The summed E-state index contributed by atoms with van der Waals surface area (Å²) in [5, 5.41) is 12.2. The van der Waals surface area contributed by atoms with Gasteiger partial charge in [0.1, 0.15) is 0 Å². The van der Waals surface area contributed by atoms with Crippen LogP contribution >= 0.6 is 0 Å². The van der Waals surface area contributed by atoms with Crippen molar-refractivity contribution >= 4 is 16.6 Å². The van der Waals surface area contributed by atoms with Gasteiger partial charge < -0.3 is 4.57 Å². The summed E-state index contributed by atoms with van der Waals surface area (Å²) < 4.78 is 2.40. The first-order valence-corrected chi connectivity index (χ1v) is 10.3. The Hall–Kier alpha value is -3.40. The van der Waals surface area contributed by atoms with Gasteiger partial charge in [0.2, 0.25) is 0 Å². The van der Waals surface area contributed by atoms with Crippen LogP contribution in [0.4, 0.5) is 5.69 Å². The third-order valence-electron chi connectivity index (χ3n) is 6.66. The molecule has 150 valence electrons.